The average molecular weight is 257 g/mol. The highest BCUT2D eigenvalue weighted by molar-refractivity contribution is 5.28. The Hall–Kier alpha value is -1.03. The number of benzene rings is 1. The predicted octanol–water partition coefficient (Wildman–Crippen LogP) is 3.95. The first-order valence-corrected chi connectivity index (χ1v) is 6.35. The van der Waals surface area contributed by atoms with Crippen molar-refractivity contribution in [1.29, 1.82) is 0 Å². The summed E-state index contributed by atoms with van der Waals surface area (Å²) in [6, 6.07) is 6.31. The lowest BCUT2D eigenvalue weighted by atomic mass is 9.81. The highest BCUT2D eigenvalue weighted by Crippen LogP contribution is 2.36. The number of alkyl halides is 3. The van der Waals surface area contributed by atoms with Gasteiger partial charge in [-0.15, -0.1) is 0 Å². The Balaban J connectivity index is 2.10. The molecule has 0 saturated heterocycles. The van der Waals surface area contributed by atoms with Gasteiger partial charge in [0, 0.05) is 6.04 Å². The van der Waals surface area contributed by atoms with Crippen LogP contribution in [0.4, 0.5) is 13.2 Å². The van der Waals surface area contributed by atoms with Gasteiger partial charge in [0.2, 0.25) is 0 Å². The van der Waals surface area contributed by atoms with Crippen LogP contribution in [0.25, 0.3) is 0 Å². The molecule has 0 spiro atoms. The van der Waals surface area contributed by atoms with Crippen LogP contribution in [0.1, 0.15) is 42.7 Å². The molecule has 1 aliphatic rings. The molecule has 1 fully saturated rings. The SMILES string of the molecule is CNC1CCC(c2cccc(C(F)(F)F)c2)CC1. The maximum absolute atomic E-state index is 12.6. The van der Waals surface area contributed by atoms with E-state index in [-0.39, 0.29) is 5.92 Å². The topological polar surface area (TPSA) is 12.0 Å². The second-order valence-electron chi connectivity index (χ2n) is 4.96. The lowest BCUT2D eigenvalue weighted by Crippen LogP contribution is -2.29. The average Bonchev–Trinajstić information content (AvgIpc) is 2.38. The standard InChI is InChI=1S/C14H18F3N/c1-18-13-7-5-10(6-8-13)11-3-2-4-12(9-11)14(15,16)17/h2-4,9-10,13,18H,5-8H2,1H3. The van der Waals surface area contributed by atoms with Crippen LogP contribution in [-0.2, 0) is 6.18 Å². The summed E-state index contributed by atoms with van der Waals surface area (Å²) in [6.45, 7) is 0. The minimum Gasteiger partial charge on any atom is -0.317 e. The van der Waals surface area contributed by atoms with Gasteiger partial charge in [-0.3, -0.25) is 0 Å². The highest BCUT2D eigenvalue weighted by atomic mass is 19.4. The zero-order chi connectivity index (χ0) is 13.2. The number of hydrogen-bond acceptors (Lipinski definition) is 1. The molecular weight excluding hydrogens is 239 g/mol. The molecule has 1 saturated carbocycles. The Morgan fingerprint density at radius 1 is 1.11 bits per heavy atom. The monoisotopic (exact) mass is 257 g/mol. The van der Waals surface area contributed by atoms with Crippen molar-refractivity contribution in [1.82, 2.24) is 5.32 Å². The van der Waals surface area contributed by atoms with E-state index >= 15 is 0 Å². The minimum absolute atomic E-state index is 0.275. The molecule has 0 aromatic heterocycles. The van der Waals surface area contributed by atoms with E-state index in [9.17, 15) is 13.2 Å². The van der Waals surface area contributed by atoms with Gasteiger partial charge in [0.05, 0.1) is 5.56 Å². The number of rotatable bonds is 2. The smallest absolute Gasteiger partial charge is 0.317 e. The first-order chi connectivity index (χ1) is 8.50. The summed E-state index contributed by atoms with van der Waals surface area (Å²) in [4.78, 5) is 0. The molecule has 1 aromatic carbocycles. The van der Waals surface area contributed by atoms with Crippen LogP contribution in [-0.4, -0.2) is 13.1 Å². The molecule has 2 rings (SSSR count). The van der Waals surface area contributed by atoms with E-state index in [1.54, 1.807) is 0 Å². The third kappa shape index (κ3) is 3.05. The number of hydrogen-bond donors (Lipinski definition) is 1. The highest BCUT2D eigenvalue weighted by Gasteiger charge is 2.31. The normalized spacial score (nSPS) is 25.1. The van der Waals surface area contributed by atoms with Crippen molar-refractivity contribution in [3.8, 4) is 0 Å². The molecule has 0 bridgehead atoms. The molecule has 1 N–H and O–H groups in total. The fourth-order valence-corrected chi connectivity index (χ4v) is 2.68. The van der Waals surface area contributed by atoms with E-state index in [4.69, 9.17) is 0 Å². The number of nitrogens with one attached hydrogen (secondary N) is 1. The van der Waals surface area contributed by atoms with Crippen molar-refractivity contribution in [3.63, 3.8) is 0 Å². The van der Waals surface area contributed by atoms with Gasteiger partial charge in [-0.25, -0.2) is 0 Å². The van der Waals surface area contributed by atoms with E-state index in [1.807, 2.05) is 13.1 Å². The summed E-state index contributed by atoms with van der Waals surface area (Å²) in [5.74, 6) is 0.275. The summed E-state index contributed by atoms with van der Waals surface area (Å²) < 4.78 is 37.9. The maximum atomic E-state index is 12.6. The third-order valence-corrected chi connectivity index (χ3v) is 3.82. The fraction of sp³-hybridized carbons (Fsp3) is 0.571. The van der Waals surface area contributed by atoms with Gasteiger partial charge in [0.25, 0.3) is 0 Å². The van der Waals surface area contributed by atoms with Crippen molar-refractivity contribution in [2.24, 2.45) is 0 Å². The van der Waals surface area contributed by atoms with E-state index in [1.165, 1.54) is 12.1 Å². The van der Waals surface area contributed by atoms with Crippen LogP contribution in [0.15, 0.2) is 24.3 Å². The third-order valence-electron chi connectivity index (χ3n) is 3.82. The van der Waals surface area contributed by atoms with Gasteiger partial charge in [-0.2, -0.15) is 13.2 Å². The summed E-state index contributed by atoms with van der Waals surface area (Å²) >= 11 is 0. The Kier molecular flexibility index (Phi) is 3.95. The van der Waals surface area contributed by atoms with E-state index in [0.717, 1.165) is 37.3 Å². The molecule has 100 valence electrons. The van der Waals surface area contributed by atoms with Gasteiger partial charge < -0.3 is 5.32 Å². The molecule has 1 aromatic rings. The molecule has 0 aliphatic heterocycles. The van der Waals surface area contributed by atoms with Crippen molar-refractivity contribution >= 4 is 0 Å². The van der Waals surface area contributed by atoms with Gasteiger partial charge in [-0.1, -0.05) is 18.2 Å². The number of halogens is 3. The summed E-state index contributed by atoms with van der Waals surface area (Å²) in [7, 11) is 1.94. The molecule has 4 heteroatoms. The van der Waals surface area contributed by atoms with Crippen LogP contribution in [0.5, 0.6) is 0 Å². The molecule has 18 heavy (non-hydrogen) atoms. The first kappa shape index (κ1) is 13.4. The fourth-order valence-electron chi connectivity index (χ4n) is 2.68. The second kappa shape index (κ2) is 5.31. The summed E-state index contributed by atoms with van der Waals surface area (Å²) in [5, 5.41) is 3.23. The first-order valence-electron chi connectivity index (χ1n) is 6.35. The molecule has 0 atom stereocenters. The summed E-state index contributed by atoms with van der Waals surface area (Å²) in [6.07, 6.45) is -0.230. The van der Waals surface area contributed by atoms with Gasteiger partial charge in [0.15, 0.2) is 0 Å². The van der Waals surface area contributed by atoms with E-state index in [0.29, 0.717) is 6.04 Å². The Morgan fingerprint density at radius 2 is 1.78 bits per heavy atom. The van der Waals surface area contributed by atoms with Crippen molar-refractivity contribution in [2.75, 3.05) is 7.05 Å². The summed E-state index contributed by atoms with van der Waals surface area (Å²) in [5.41, 5.74) is 0.301. The van der Waals surface area contributed by atoms with Crippen LogP contribution in [0, 0.1) is 0 Å². The second-order valence-corrected chi connectivity index (χ2v) is 4.96. The zero-order valence-corrected chi connectivity index (χ0v) is 10.4. The Labute approximate surface area is 105 Å². The lowest BCUT2D eigenvalue weighted by molar-refractivity contribution is -0.137. The maximum Gasteiger partial charge on any atom is 0.416 e. The van der Waals surface area contributed by atoms with Gasteiger partial charge >= 0.3 is 6.18 Å². The quantitative estimate of drug-likeness (QED) is 0.845. The van der Waals surface area contributed by atoms with Crippen LogP contribution < -0.4 is 5.32 Å². The van der Waals surface area contributed by atoms with Crippen molar-refractivity contribution < 1.29 is 13.2 Å². The molecule has 0 amide bonds. The van der Waals surface area contributed by atoms with Gasteiger partial charge in [-0.05, 0) is 50.3 Å². The lowest BCUT2D eigenvalue weighted by Gasteiger charge is -2.28. The minimum atomic E-state index is -4.24. The molecule has 0 unspecified atom stereocenters. The van der Waals surface area contributed by atoms with Crippen LogP contribution in [0.2, 0.25) is 0 Å². The molecular formula is C14H18F3N. The predicted molar refractivity (Wildman–Crippen MR) is 65.5 cm³/mol. The zero-order valence-electron chi connectivity index (χ0n) is 10.4. The van der Waals surface area contributed by atoms with Crippen molar-refractivity contribution in [2.45, 2.75) is 43.8 Å². The molecule has 0 heterocycles. The van der Waals surface area contributed by atoms with Crippen LogP contribution in [0.3, 0.4) is 0 Å². The Morgan fingerprint density at radius 3 is 2.33 bits per heavy atom. The molecule has 1 aliphatic carbocycles. The largest absolute Gasteiger partial charge is 0.416 e. The Bertz CT molecular complexity index is 392. The van der Waals surface area contributed by atoms with Crippen molar-refractivity contribution in [3.05, 3.63) is 35.4 Å². The van der Waals surface area contributed by atoms with Crippen LogP contribution >= 0.6 is 0 Å². The molecule has 1 nitrogen and oxygen atoms in total. The van der Waals surface area contributed by atoms with Gasteiger partial charge in [0.1, 0.15) is 0 Å². The van der Waals surface area contributed by atoms with E-state index in [2.05, 4.69) is 5.32 Å². The van der Waals surface area contributed by atoms with E-state index < -0.39 is 11.7 Å². The molecule has 0 radical (unpaired) electrons.